The smallest absolute Gasteiger partial charge is 0.255 e. The molecule has 1 fully saturated rings. The lowest BCUT2D eigenvalue weighted by Gasteiger charge is -2.25. The summed E-state index contributed by atoms with van der Waals surface area (Å²) in [5, 5.41) is 5.82. The number of oxazole rings is 1. The van der Waals surface area contributed by atoms with Gasteiger partial charge in [-0.15, -0.1) is 0 Å². The fourth-order valence-electron chi connectivity index (χ4n) is 5.96. The molecule has 6 rings (SSSR count). The van der Waals surface area contributed by atoms with E-state index in [9.17, 15) is 19.2 Å². The van der Waals surface area contributed by atoms with Crippen molar-refractivity contribution in [3.63, 3.8) is 0 Å². The van der Waals surface area contributed by atoms with E-state index in [1.807, 2.05) is 55.5 Å². The minimum Gasteiger partial charge on any atom is -0.436 e. The zero-order valence-electron chi connectivity index (χ0n) is 25.7. The highest BCUT2D eigenvalue weighted by atomic mass is 16.4. The number of carbonyl (C=O) groups excluding carboxylic acids is 4. The third-order valence-electron chi connectivity index (χ3n) is 8.42. The van der Waals surface area contributed by atoms with Gasteiger partial charge in [0.05, 0.1) is 6.20 Å². The predicted octanol–water partition coefficient (Wildman–Crippen LogP) is 5.54. The zero-order chi connectivity index (χ0) is 32.2. The lowest BCUT2D eigenvalue weighted by Crippen LogP contribution is -2.43. The van der Waals surface area contributed by atoms with Crippen molar-refractivity contribution in [3.05, 3.63) is 102 Å². The highest BCUT2D eigenvalue weighted by Crippen LogP contribution is 2.29. The van der Waals surface area contributed by atoms with Gasteiger partial charge in [0.15, 0.2) is 5.76 Å². The number of hydrogen-bond acceptors (Lipinski definition) is 6. The highest BCUT2D eigenvalue weighted by molar-refractivity contribution is 6.03. The summed E-state index contributed by atoms with van der Waals surface area (Å²) in [7, 11) is 0. The molecule has 0 aliphatic carbocycles. The van der Waals surface area contributed by atoms with Gasteiger partial charge in [-0.2, -0.15) is 0 Å². The van der Waals surface area contributed by atoms with Crippen molar-refractivity contribution in [2.24, 2.45) is 0 Å². The minimum atomic E-state index is -0.705. The molecule has 4 aromatic rings. The Morgan fingerprint density at radius 1 is 0.870 bits per heavy atom. The van der Waals surface area contributed by atoms with Crippen LogP contribution >= 0.6 is 0 Å². The summed E-state index contributed by atoms with van der Waals surface area (Å²) in [4.78, 5) is 58.7. The van der Waals surface area contributed by atoms with Gasteiger partial charge in [0.25, 0.3) is 11.8 Å². The van der Waals surface area contributed by atoms with Gasteiger partial charge in [0.2, 0.25) is 17.7 Å². The normalized spacial score (nSPS) is 17.3. The number of benzene rings is 3. The number of carbonyl (C=O) groups is 4. The number of aryl methyl sites for hydroxylation is 1. The van der Waals surface area contributed by atoms with E-state index in [2.05, 4.69) is 15.6 Å². The summed E-state index contributed by atoms with van der Waals surface area (Å²) in [5.74, 6) is 0.241. The number of likely N-dealkylation sites (tertiary alicyclic amines) is 1. The molecular formula is C36H35N5O5. The number of nitrogens with zero attached hydrogens (tertiary/aromatic N) is 3. The van der Waals surface area contributed by atoms with Crippen molar-refractivity contribution in [3.8, 4) is 22.8 Å². The number of amides is 4. The van der Waals surface area contributed by atoms with Crippen LogP contribution in [0.5, 0.6) is 0 Å². The first-order valence-electron chi connectivity index (χ1n) is 15.4. The second-order valence-electron chi connectivity index (χ2n) is 11.4. The van der Waals surface area contributed by atoms with E-state index in [0.717, 1.165) is 29.5 Å². The van der Waals surface area contributed by atoms with E-state index in [1.54, 1.807) is 52.4 Å². The maximum absolute atomic E-state index is 13.3. The molecule has 0 saturated carbocycles. The molecule has 2 aliphatic heterocycles. The van der Waals surface area contributed by atoms with E-state index in [-0.39, 0.29) is 23.6 Å². The van der Waals surface area contributed by atoms with Crippen molar-refractivity contribution in [2.45, 2.75) is 45.2 Å². The second-order valence-corrected chi connectivity index (χ2v) is 11.4. The molecule has 46 heavy (non-hydrogen) atoms. The SMILES string of the molecule is CCc1ccccc1C(=O)N1CC=C[C@H]1C(=O)Nc1ccc(-c2ncc(-c3ccc(NC(=O)[C@@H]4CCCN4C(C)=O)cc3)o2)cc1. The summed E-state index contributed by atoms with van der Waals surface area (Å²) in [6.07, 6.45) is 7.43. The van der Waals surface area contributed by atoms with Gasteiger partial charge < -0.3 is 24.9 Å². The predicted molar refractivity (Wildman–Crippen MR) is 175 cm³/mol. The van der Waals surface area contributed by atoms with Crippen LogP contribution in [0.25, 0.3) is 22.8 Å². The summed E-state index contributed by atoms with van der Waals surface area (Å²) in [6.45, 7) is 4.47. The molecule has 10 heteroatoms. The van der Waals surface area contributed by atoms with Crippen LogP contribution in [0.4, 0.5) is 11.4 Å². The van der Waals surface area contributed by atoms with Gasteiger partial charge >= 0.3 is 0 Å². The lowest BCUT2D eigenvalue weighted by molar-refractivity contribution is -0.134. The fourth-order valence-corrected chi connectivity index (χ4v) is 5.96. The van der Waals surface area contributed by atoms with Gasteiger partial charge in [-0.3, -0.25) is 19.2 Å². The fraction of sp³-hybridized carbons (Fsp3) is 0.250. The molecule has 0 radical (unpaired) electrons. The quantitative estimate of drug-likeness (QED) is 0.250. The molecule has 2 N–H and O–H groups in total. The summed E-state index contributed by atoms with van der Waals surface area (Å²) in [6, 6.07) is 20.7. The molecule has 3 aromatic carbocycles. The third-order valence-corrected chi connectivity index (χ3v) is 8.42. The van der Waals surface area contributed by atoms with Crippen LogP contribution in [0.2, 0.25) is 0 Å². The van der Waals surface area contributed by atoms with Crippen LogP contribution in [-0.4, -0.2) is 63.6 Å². The van der Waals surface area contributed by atoms with Gasteiger partial charge in [-0.1, -0.05) is 37.3 Å². The monoisotopic (exact) mass is 617 g/mol. The Hall–Kier alpha value is -5.51. The first-order valence-corrected chi connectivity index (χ1v) is 15.4. The van der Waals surface area contributed by atoms with Crippen molar-refractivity contribution in [1.82, 2.24) is 14.8 Å². The standard InChI is InChI=1S/C36H35N5O5/c1-3-24-8-4-5-9-29(24)36(45)41-21-7-11-31(41)34(44)39-28-18-14-26(15-19-28)35-37-22-32(46-35)25-12-16-27(17-13-25)38-33(43)30-10-6-20-40(30)23(2)42/h4-5,7-9,11-19,22,30-31H,3,6,10,20-21H2,1-2H3,(H,38,43)(H,39,44)/t30-,31-/m0/s1. The molecule has 3 heterocycles. The summed E-state index contributed by atoms with van der Waals surface area (Å²) >= 11 is 0. The van der Waals surface area contributed by atoms with Gasteiger partial charge in [0.1, 0.15) is 12.1 Å². The van der Waals surface area contributed by atoms with E-state index >= 15 is 0 Å². The Morgan fingerprint density at radius 3 is 2.24 bits per heavy atom. The van der Waals surface area contributed by atoms with Gasteiger partial charge in [0, 0.05) is 48.1 Å². The van der Waals surface area contributed by atoms with E-state index < -0.39 is 12.1 Å². The molecule has 4 amide bonds. The molecule has 234 valence electrons. The number of anilines is 2. The first-order chi connectivity index (χ1) is 22.3. The van der Waals surface area contributed by atoms with Crippen LogP contribution in [0.3, 0.4) is 0 Å². The van der Waals surface area contributed by atoms with Crippen LogP contribution in [0, 0.1) is 0 Å². The molecular weight excluding hydrogens is 582 g/mol. The first kappa shape index (κ1) is 30.5. The number of hydrogen-bond donors (Lipinski definition) is 2. The highest BCUT2D eigenvalue weighted by Gasteiger charge is 2.33. The Kier molecular flexibility index (Phi) is 8.78. The topological polar surface area (TPSA) is 125 Å². The Labute approximate surface area is 267 Å². The van der Waals surface area contributed by atoms with Crippen LogP contribution in [-0.2, 0) is 20.8 Å². The number of aromatic nitrogens is 1. The van der Waals surface area contributed by atoms with Crippen molar-refractivity contribution in [2.75, 3.05) is 23.7 Å². The second kappa shape index (κ2) is 13.2. The molecule has 0 spiro atoms. The van der Waals surface area contributed by atoms with Crippen molar-refractivity contribution >= 4 is 35.0 Å². The van der Waals surface area contributed by atoms with Crippen molar-refractivity contribution in [1.29, 1.82) is 0 Å². The van der Waals surface area contributed by atoms with Gasteiger partial charge in [-0.05, 0) is 79.4 Å². The van der Waals surface area contributed by atoms with Crippen molar-refractivity contribution < 1.29 is 23.6 Å². The molecule has 10 nitrogen and oxygen atoms in total. The average molecular weight is 618 g/mol. The van der Waals surface area contributed by atoms with Crippen LogP contribution < -0.4 is 10.6 Å². The maximum Gasteiger partial charge on any atom is 0.255 e. The van der Waals surface area contributed by atoms with Gasteiger partial charge in [-0.25, -0.2) is 4.98 Å². The molecule has 0 bridgehead atoms. The average Bonchev–Trinajstić information content (AvgIpc) is 3.87. The van der Waals surface area contributed by atoms with Crippen LogP contribution in [0.1, 0.15) is 42.6 Å². The lowest BCUT2D eigenvalue weighted by atomic mass is 10.0. The summed E-state index contributed by atoms with van der Waals surface area (Å²) in [5.41, 5.74) is 4.31. The van der Waals surface area contributed by atoms with E-state index in [4.69, 9.17) is 4.42 Å². The molecule has 2 atom stereocenters. The minimum absolute atomic E-state index is 0.0935. The number of rotatable bonds is 8. The zero-order valence-corrected chi connectivity index (χ0v) is 25.7. The third kappa shape index (κ3) is 6.32. The Balaban J connectivity index is 1.07. The number of nitrogens with one attached hydrogen (secondary N) is 2. The van der Waals surface area contributed by atoms with E-state index in [0.29, 0.717) is 48.1 Å². The molecule has 0 unspecified atom stereocenters. The Morgan fingerprint density at radius 2 is 1.54 bits per heavy atom. The van der Waals surface area contributed by atoms with E-state index in [1.165, 1.54) is 6.92 Å². The summed E-state index contributed by atoms with van der Waals surface area (Å²) < 4.78 is 6.02. The Bertz CT molecular complexity index is 1790. The largest absolute Gasteiger partial charge is 0.436 e. The molecule has 1 aromatic heterocycles. The molecule has 1 saturated heterocycles. The maximum atomic E-state index is 13.3. The van der Waals surface area contributed by atoms with Crippen LogP contribution in [0.15, 0.2) is 95.6 Å². The molecule has 2 aliphatic rings.